The predicted octanol–water partition coefficient (Wildman–Crippen LogP) is 4.29. The first-order chi connectivity index (χ1) is 10.3. The second-order valence-corrected chi connectivity index (χ2v) is 5.49. The van der Waals surface area contributed by atoms with Gasteiger partial charge in [-0.15, -0.1) is 0 Å². The molecular formula is C16H19N3OS. The molecule has 0 spiro atoms. The van der Waals surface area contributed by atoms with Crippen molar-refractivity contribution >= 4 is 12.2 Å². The van der Waals surface area contributed by atoms with Gasteiger partial charge in [-0.1, -0.05) is 12.2 Å². The first-order valence-electron chi connectivity index (χ1n) is 7.36. The van der Waals surface area contributed by atoms with Crippen LogP contribution in [0.3, 0.4) is 0 Å². The zero-order valence-electron chi connectivity index (χ0n) is 12.1. The van der Waals surface area contributed by atoms with Gasteiger partial charge < -0.3 is 4.74 Å². The lowest BCUT2D eigenvalue weighted by Gasteiger charge is -2.19. The number of rotatable bonds is 4. The fraction of sp³-hybridized carbons (Fsp3) is 0.375. The summed E-state index contributed by atoms with van der Waals surface area (Å²) in [6, 6.07) is 8.29. The number of hydrogen-bond donors (Lipinski definition) is 1. The molecule has 0 fully saturated rings. The molecule has 0 radical (unpaired) electrons. The van der Waals surface area contributed by atoms with Crippen LogP contribution in [0.1, 0.15) is 32.2 Å². The molecule has 2 aromatic rings. The number of nitrogens with zero attached hydrogens (tertiary/aromatic N) is 2. The van der Waals surface area contributed by atoms with Crippen LogP contribution >= 0.6 is 12.2 Å². The second kappa shape index (κ2) is 6.26. The summed E-state index contributed by atoms with van der Waals surface area (Å²) in [6.07, 6.45) is 7.91. The monoisotopic (exact) mass is 301 g/mol. The number of allylic oxidation sites excluding steroid dienone is 2. The maximum Gasteiger partial charge on any atom is 0.196 e. The maximum atomic E-state index is 5.48. The molecule has 1 aliphatic carbocycles. The Hall–Kier alpha value is -1.88. The van der Waals surface area contributed by atoms with Gasteiger partial charge in [0.15, 0.2) is 10.6 Å². The minimum atomic E-state index is 0.298. The molecule has 1 atom stereocenters. The van der Waals surface area contributed by atoms with E-state index in [1.54, 1.807) is 0 Å². The van der Waals surface area contributed by atoms with Crippen LogP contribution in [-0.4, -0.2) is 21.4 Å². The van der Waals surface area contributed by atoms with Gasteiger partial charge >= 0.3 is 0 Å². The van der Waals surface area contributed by atoms with E-state index in [-0.39, 0.29) is 0 Å². The lowest BCUT2D eigenvalue weighted by Crippen LogP contribution is -2.10. The highest BCUT2D eigenvalue weighted by atomic mass is 32.1. The van der Waals surface area contributed by atoms with E-state index < -0.39 is 0 Å². The standard InChI is InChI=1S/C16H19N3OS/c1-2-20-14-10-8-12(9-11-14)15-17-18-16(21)19(15)13-6-4-3-5-7-13/h4,6,8-11,13H,2-3,5,7H2,1H3,(H,18,21)/t13-/m0/s1. The molecular weight excluding hydrogens is 282 g/mol. The Labute approximate surface area is 129 Å². The molecule has 1 aliphatic rings. The van der Waals surface area contributed by atoms with Gasteiger partial charge in [0.25, 0.3) is 0 Å². The summed E-state index contributed by atoms with van der Waals surface area (Å²) < 4.78 is 8.27. The van der Waals surface area contributed by atoms with E-state index in [0.717, 1.165) is 30.0 Å². The Balaban J connectivity index is 1.97. The number of ether oxygens (including phenoxy) is 1. The number of hydrogen-bond acceptors (Lipinski definition) is 3. The number of benzene rings is 1. The number of nitrogens with one attached hydrogen (secondary N) is 1. The van der Waals surface area contributed by atoms with Gasteiger partial charge in [-0.2, -0.15) is 5.10 Å². The first-order valence-corrected chi connectivity index (χ1v) is 7.77. The predicted molar refractivity (Wildman–Crippen MR) is 86.0 cm³/mol. The average Bonchev–Trinajstić information content (AvgIpc) is 2.91. The molecule has 5 heteroatoms. The molecule has 4 nitrogen and oxygen atoms in total. The summed E-state index contributed by atoms with van der Waals surface area (Å²) in [5.74, 6) is 1.76. The molecule has 110 valence electrons. The minimum Gasteiger partial charge on any atom is -0.494 e. The molecule has 0 amide bonds. The average molecular weight is 301 g/mol. The van der Waals surface area contributed by atoms with Crippen molar-refractivity contribution in [2.45, 2.75) is 32.2 Å². The summed E-state index contributed by atoms with van der Waals surface area (Å²) >= 11 is 5.41. The molecule has 0 bridgehead atoms. The fourth-order valence-electron chi connectivity index (χ4n) is 2.69. The molecule has 0 saturated carbocycles. The molecule has 3 rings (SSSR count). The quantitative estimate of drug-likeness (QED) is 0.677. The van der Waals surface area contributed by atoms with Gasteiger partial charge in [-0.3, -0.25) is 9.67 Å². The molecule has 1 aromatic heterocycles. The number of aromatic nitrogens is 3. The van der Waals surface area contributed by atoms with E-state index in [1.165, 1.54) is 6.42 Å². The summed E-state index contributed by atoms with van der Waals surface area (Å²) in [4.78, 5) is 0. The van der Waals surface area contributed by atoms with Crippen LogP contribution in [0.15, 0.2) is 36.4 Å². The van der Waals surface area contributed by atoms with Gasteiger partial charge in [0.2, 0.25) is 0 Å². The molecule has 1 heterocycles. The largest absolute Gasteiger partial charge is 0.494 e. The van der Waals surface area contributed by atoms with E-state index in [0.29, 0.717) is 17.4 Å². The van der Waals surface area contributed by atoms with Gasteiger partial charge in [0.05, 0.1) is 12.6 Å². The Morgan fingerprint density at radius 1 is 1.38 bits per heavy atom. The zero-order valence-corrected chi connectivity index (χ0v) is 12.9. The van der Waals surface area contributed by atoms with Crippen LogP contribution < -0.4 is 4.74 Å². The highest BCUT2D eigenvalue weighted by Crippen LogP contribution is 2.28. The highest BCUT2D eigenvalue weighted by Gasteiger charge is 2.17. The van der Waals surface area contributed by atoms with E-state index in [1.807, 2.05) is 31.2 Å². The van der Waals surface area contributed by atoms with Crippen LogP contribution in [0, 0.1) is 4.77 Å². The van der Waals surface area contributed by atoms with Crippen molar-refractivity contribution < 1.29 is 4.74 Å². The molecule has 0 saturated heterocycles. The van der Waals surface area contributed by atoms with E-state index in [4.69, 9.17) is 17.0 Å². The zero-order chi connectivity index (χ0) is 14.7. The summed E-state index contributed by atoms with van der Waals surface area (Å²) in [5, 5.41) is 7.33. The minimum absolute atomic E-state index is 0.298. The Morgan fingerprint density at radius 3 is 2.86 bits per heavy atom. The fourth-order valence-corrected chi connectivity index (χ4v) is 2.96. The molecule has 1 N–H and O–H groups in total. The third-order valence-corrected chi connectivity index (χ3v) is 3.98. The molecule has 0 aliphatic heterocycles. The highest BCUT2D eigenvalue weighted by molar-refractivity contribution is 7.71. The van der Waals surface area contributed by atoms with Crippen LogP contribution in [0.5, 0.6) is 5.75 Å². The lowest BCUT2D eigenvalue weighted by molar-refractivity contribution is 0.340. The van der Waals surface area contributed by atoms with Gasteiger partial charge in [-0.05, 0) is 62.7 Å². The second-order valence-electron chi connectivity index (χ2n) is 5.11. The van der Waals surface area contributed by atoms with E-state index in [9.17, 15) is 0 Å². The van der Waals surface area contributed by atoms with Crippen molar-refractivity contribution in [2.24, 2.45) is 0 Å². The van der Waals surface area contributed by atoms with Crippen LogP contribution in [0.2, 0.25) is 0 Å². The number of aromatic amines is 1. The molecule has 21 heavy (non-hydrogen) atoms. The summed E-state index contributed by atoms with van der Waals surface area (Å²) in [6.45, 7) is 2.65. The van der Waals surface area contributed by atoms with E-state index in [2.05, 4.69) is 26.9 Å². The van der Waals surface area contributed by atoms with Crippen LogP contribution in [0.4, 0.5) is 0 Å². The van der Waals surface area contributed by atoms with Crippen molar-refractivity contribution in [3.63, 3.8) is 0 Å². The SMILES string of the molecule is CCOc1ccc(-c2n[nH]c(=S)n2[C@H]2C=CCCC2)cc1. The van der Waals surface area contributed by atoms with Crippen LogP contribution in [-0.2, 0) is 0 Å². The van der Waals surface area contributed by atoms with Crippen molar-refractivity contribution in [2.75, 3.05) is 6.61 Å². The Bertz CT molecular complexity index is 684. The third kappa shape index (κ3) is 2.93. The molecule has 0 unspecified atom stereocenters. The van der Waals surface area contributed by atoms with Crippen molar-refractivity contribution in [1.29, 1.82) is 0 Å². The normalized spacial score (nSPS) is 17.9. The van der Waals surface area contributed by atoms with Crippen molar-refractivity contribution in [1.82, 2.24) is 14.8 Å². The topological polar surface area (TPSA) is 42.8 Å². The Kier molecular flexibility index (Phi) is 4.20. The van der Waals surface area contributed by atoms with Gasteiger partial charge in [0.1, 0.15) is 5.75 Å². The summed E-state index contributed by atoms with van der Waals surface area (Å²) in [5.41, 5.74) is 1.05. The Morgan fingerprint density at radius 2 is 2.19 bits per heavy atom. The number of H-pyrrole nitrogens is 1. The third-order valence-electron chi connectivity index (χ3n) is 3.69. The van der Waals surface area contributed by atoms with Crippen molar-refractivity contribution in [3.8, 4) is 17.1 Å². The van der Waals surface area contributed by atoms with Gasteiger partial charge in [0, 0.05) is 5.56 Å². The molecule has 1 aromatic carbocycles. The summed E-state index contributed by atoms with van der Waals surface area (Å²) in [7, 11) is 0. The smallest absolute Gasteiger partial charge is 0.196 e. The van der Waals surface area contributed by atoms with E-state index >= 15 is 0 Å². The van der Waals surface area contributed by atoms with Crippen molar-refractivity contribution in [3.05, 3.63) is 41.2 Å². The first kappa shape index (κ1) is 14.1. The van der Waals surface area contributed by atoms with Gasteiger partial charge in [-0.25, -0.2) is 0 Å². The maximum absolute atomic E-state index is 5.48. The van der Waals surface area contributed by atoms with Crippen LogP contribution in [0.25, 0.3) is 11.4 Å². The lowest BCUT2D eigenvalue weighted by atomic mass is 10.0.